The summed E-state index contributed by atoms with van der Waals surface area (Å²) in [5.41, 5.74) is 0.237. The minimum atomic E-state index is -0.856. The third kappa shape index (κ3) is 8.68. The summed E-state index contributed by atoms with van der Waals surface area (Å²) in [7, 11) is 0. The van der Waals surface area contributed by atoms with E-state index in [2.05, 4.69) is 26.1 Å². The molecule has 3 N–H and O–H groups in total. The van der Waals surface area contributed by atoms with Gasteiger partial charge < -0.3 is 15.5 Å². The van der Waals surface area contributed by atoms with Gasteiger partial charge in [-0.1, -0.05) is 27.2 Å². The second-order valence-electron chi connectivity index (χ2n) is 5.13. The van der Waals surface area contributed by atoms with Crippen LogP contribution in [0.3, 0.4) is 0 Å². The van der Waals surface area contributed by atoms with Gasteiger partial charge in [0.25, 0.3) is 0 Å². The van der Waals surface area contributed by atoms with E-state index in [1.165, 1.54) is 0 Å². The fourth-order valence-electron chi connectivity index (χ4n) is 1.73. The molecule has 96 valence electrons. The SMILES string of the molecule is CCCC(C)(C)CNCC(O)CCC(=O)O. The average molecular weight is 231 g/mol. The Morgan fingerprint density at radius 2 is 2.06 bits per heavy atom. The molecule has 0 aliphatic heterocycles. The van der Waals surface area contributed by atoms with E-state index in [-0.39, 0.29) is 11.8 Å². The van der Waals surface area contributed by atoms with Crippen molar-refractivity contribution in [3.8, 4) is 0 Å². The summed E-state index contributed by atoms with van der Waals surface area (Å²) in [6.45, 7) is 7.86. The molecule has 4 heteroatoms. The molecule has 0 bridgehead atoms. The highest BCUT2D eigenvalue weighted by molar-refractivity contribution is 5.66. The van der Waals surface area contributed by atoms with Crippen molar-refractivity contribution in [2.75, 3.05) is 13.1 Å². The summed E-state index contributed by atoms with van der Waals surface area (Å²) >= 11 is 0. The summed E-state index contributed by atoms with van der Waals surface area (Å²) in [4.78, 5) is 10.3. The highest BCUT2D eigenvalue weighted by Crippen LogP contribution is 2.20. The topological polar surface area (TPSA) is 69.6 Å². The van der Waals surface area contributed by atoms with Crippen LogP contribution >= 0.6 is 0 Å². The Morgan fingerprint density at radius 3 is 2.56 bits per heavy atom. The summed E-state index contributed by atoms with van der Waals surface area (Å²) in [6, 6.07) is 0. The number of aliphatic hydroxyl groups is 1. The minimum absolute atomic E-state index is 0.0290. The zero-order valence-corrected chi connectivity index (χ0v) is 10.6. The van der Waals surface area contributed by atoms with Gasteiger partial charge in [-0.3, -0.25) is 4.79 Å². The van der Waals surface area contributed by atoms with Crippen LogP contribution < -0.4 is 5.32 Å². The lowest BCUT2D eigenvalue weighted by molar-refractivity contribution is -0.137. The number of carbonyl (C=O) groups is 1. The summed E-state index contributed by atoms with van der Waals surface area (Å²) in [5, 5.41) is 21.1. The van der Waals surface area contributed by atoms with Crippen LogP contribution in [0.15, 0.2) is 0 Å². The number of carboxylic acid groups (broad SMARTS) is 1. The van der Waals surface area contributed by atoms with E-state index in [4.69, 9.17) is 5.11 Å². The number of hydrogen-bond donors (Lipinski definition) is 3. The van der Waals surface area contributed by atoms with Gasteiger partial charge in [0.05, 0.1) is 6.10 Å². The molecular formula is C12H25NO3. The molecule has 0 saturated carbocycles. The first kappa shape index (κ1) is 15.4. The lowest BCUT2D eigenvalue weighted by atomic mass is 9.88. The van der Waals surface area contributed by atoms with Gasteiger partial charge in [0.1, 0.15) is 0 Å². The van der Waals surface area contributed by atoms with Gasteiger partial charge in [-0.2, -0.15) is 0 Å². The normalized spacial score (nSPS) is 13.8. The van der Waals surface area contributed by atoms with Crippen molar-refractivity contribution in [3.63, 3.8) is 0 Å². The summed E-state index contributed by atoms with van der Waals surface area (Å²) in [5.74, 6) is -0.856. The minimum Gasteiger partial charge on any atom is -0.481 e. The monoisotopic (exact) mass is 231 g/mol. The number of nitrogens with one attached hydrogen (secondary N) is 1. The summed E-state index contributed by atoms with van der Waals surface area (Å²) < 4.78 is 0. The zero-order chi connectivity index (χ0) is 12.6. The molecule has 0 radical (unpaired) electrons. The van der Waals surface area contributed by atoms with Crippen LogP contribution in [0, 0.1) is 5.41 Å². The van der Waals surface area contributed by atoms with Gasteiger partial charge in [0, 0.05) is 19.5 Å². The van der Waals surface area contributed by atoms with Gasteiger partial charge in [-0.15, -0.1) is 0 Å². The first-order chi connectivity index (χ1) is 7.37. The third-order valence-electron chi connectivity index (χ3n) is 2.60. The first-order valence-electron chi connectivity index (χ1n) is 5.98. The molecule has 0 rings (SSSR count). The number of aliphatic carboxylic acids is 1. The van der Waals surface area contributed by atoms with E-state index in [0.717, 1.165) is 19.4 Å². The fourth-order valence-corrected chi connectivity index (χ4v) is 1.73. The maximum absolute atomic E-state index is 10.3. The Balaban J connectivity index is 3.60. The fraction of sp³-hybridized carbons (Fsp3) is 0.917. The maximum atomic E-state index is 10.3. The molecule has 16 heavy (non-hydrogen) atoms. The molecule has 0 spiro atoms. The van der Waals surface area contributed by atoms with Gasteiger partial charge >= 0.3 is 5.97 Å². The number of hydrogen-bond acceptors (Lipinski definition) is 3. The zero-order valence-electron chi connectivity index (χ0n) is 10.6. The molecule has 0 amide bonds. The van der Waals surface area contributed by atoms with Crippen LogP contribution in [0.5, 0.6) is 0 Å². The molecule has 0 aliphatic rings. The van der Waals surface area contributed by atoms with Crippen molar-refractivity contribution >= 4 is 5.97 Å². The smallest absolute Gasteiger partial charge is 0.303 e. The molecule has 0 aromatic heterocycles. The lowest BCUT2D eigenvalue weighted by Crippen LogP contribution is -2.34. The second kappa shape index (κ2) is 7.63. The van der Waals surface area contributed by atoms with Crippen LogP contribution in [-0.2, 0) is 4.79 Å². The predicted octanol–water partition coefficient (Wildman–Crippen LogP) is 1.63. The van der Waals surface area contributed by atoms with E-state index in [9.17, 15) is 9.90 Å². The van der Waals surface area contributed by atoms with E-state index < -0.39 is 12.1 Å². The number of carboxylic acids is 1. The molecule has 1 unspecified atom stereocenters. The Bertz CT molecular complexity index is 204. The van der Waals surface area contributed by atoms with E-state index in [1.807, 2.05) is 0 Å². The lowest BCUT2D eigenvalue weighted by Gasteiger charge is -2.25. The van der Waals surface area contributed by atoms with E-state index in [0.29, 0.717) is 13.0 Å². The predicted molar refractivity (Wildman–Crippen MR) is 64.4 cm³/mol. The van der Waals surface area contributed by atoms with Crippen molar-refractivity contribution < 1.29 is 15.0 Å². The molecular weight excluding hydrogens is 206 g/mol. The molecule has 4 nitrogen and oxygen atoms in total. The van der Waals surface area contributed by atoms with Crippen molar-refractivity contribution in [1.82, 2.24) is 5.32 Å². The van der Waals surface area contributed by atoms with Crippen LogP contribution in [0.2, 0.25) is 0 Å². The third-order valence-corrected chi connectivity index (χ3v) is 2.60. The van der Waals surface area contributed by atoms with Gasteiger partial charge in [0.2, 0.25) is 0 Å². The van der Waals surface area contributed by atoms with Crippen LogP contribution in [0.4, 0.5) is 0 Å². The highest BCUT2D eigenvalue weighted by atomic mass is 16.4. The highest BCUT2D eigenvalue weighted by Gasteiger charge is 2.16. The van der Waals surface area contributed by atoms with Gasteiger partial charge in [0.15, 0.2) is 0 Å². The molecule has 0 heterocycles. The Labute approximate surface area is 98.1 Å². The Hall–Kier alpha value is -0.610. The van der Waals surface area contributed by atoms with Crippen molar-refractivity contribution in [1.29, 1.82) is 0 Å². The van der Waals surface area contributed by atoms with Gasteiger partial charge in [-0.25, -0.2) is 0 Å². The molecule has 0 aliphatic carbocycles. The average Bonchev–Trinajstić information content (AvgIpc) is 2.14. The molecule has 0 aromatic rings. The molecule has 0 saturated heterocycles. The standard InChI is InChI=1S/C12H25NO3/c1-4-7-12(2,3)9-13-8-10(14)5-6-11(15)16/h10,13-14H,4-9H2,1-3H3,(H,15,16). The first-order valence-corrected chi connectivity index (χ1v) is 5.98. The van der Waals surface area contributed by atoms with Crippen molar-refractivity contribution in [3.05, 3.63) is 0 Å². The van der Waals surface area contributed by atoms with Crippen molar-refractivity contribution in [2.24, 2.45) is 5.41 Å². The van der Waals surface area contributed by atoms with Crippen LogP contribution in [-0.4, -0.2) is 35.4 Å². The second-order valence-corrected chi connectivity index (χ2v) is 5.13. The van der Waals surface area contributed by atoms with Crippen LogP contribution in [0.1, 0.15) is 46.5 Å². The number of aliphatic hydroxyl groups excluding tert-OH is 1. The van der Waals surface area contributed by atoms with Crippen molar-refractivity contribution in [2.45, 2.75) is 52.6 Å². The van der Waals surface area contributed by atoms with Crippen LogP contribution in [0.25, 0.3) is 0 Å². The van der Waals surface area contributed by atoms with Gasteiger partial charge in [-0.05, 0) is 18.3 Å². The Morgan fingerprint density at radius 1 is 1.44 bits per heavy atom. The number of rotatable bonds is 9. The molecule has 1 atom stereocenters. The molecule has 0 fully saturated rings. The van der Waals surface area contributed by atoms with E-state index >= 15 is 0 Å². The Kier molecular flexibility index (Phi) is 7.34. The quantitative estimate of drug-likeness (QED) is 0.564. The van der Waals surface area contributed by atoms with E-state index in [1.54, 1.807) is 0 Å². The maximum Gasteiger partial charge on any atom is 0.303 e. The molecule has 0 aromatic carbocycles. The largest absolute Gasteiger partial charge is 0.481 e. The summed E-state index contributed by atoms with van der Waals surface area (Å²) in [6.07, 6.45) is 2.08.